The highest BCUT2D eigenvalue weighted by atomic mass is 16.4. The molecule has 5 nitrogen and oxygen atoms in total. The molecule has 0 aromatic heterocycles. The smallest absolute Gasteiger partial charge is 0.306 e. The van der Waals surface area contributed by atoms with Gasteiger partial charge in [-0.1, -0.05) is 0 Å². The monoisotopic (exact) mass is 238 g/mol. The topological polar surface area (TPSA) is 81.4 Å². The molecule has 17 heavy (non-hydrogen) atoms. The van der Waals surface area contributed by atoms with Gasteiger partial charge in [-0.05, 0) is 26.2 Å². The fourth-order valence-corrected chi connectivity index (χ4v) is 2.20. The highest BCUT2D eigenvalue weighted by molar-refractivity contribution is 5.81. The number of nitrogens with zero attached hydrogens (tertiary/aromatic N) is 2. The number of carbonyl (C=O) groups excluding carboxylic acids is 1. The average Bonchev–Trinajstić information content (AvgIpc) is 2.76. The lowest BCUT2D eigenvalue weighted by atomic mass is 10.0. The molecule has 1 unspecified atom stereocenters. The standard InChI is InChI=1S/C12H18N2O3/c1-8(5-6-13)14(2)11(15)9-3-4-10(7-9)12(16)17/h8-10H,3-5,7H2,1-2H3,(H,16,17)/t8?,9-,10+/m1/s1. The number of hydrogen-bond acceptors (Lipinski definition) is 3. The number of hydrogen-bond donors (Lipinski definition) is 1. The third-order valence-corrected chi connectivity index (χ3v) is 3.53. The van der Waals surface area contributed by atoms with Crippen LogP contribution in [0.25, 0.3) is 0 Å². The van der Waals surface area contributed by atoms with Gasteiger partial charge in [0.05, 0.1) is 18.4 Å². The Bertz CT molecular complexity index is 348. The molecule has 1 aliphatic rings. The van der Waals surface area contributed by atoms with Crippen LogP contribution in [0.2, 0.25) is 0 Å². The van der Waals surface area contributed by atoms with E-state index in [1.165, 1.54) is 0 Å². The largest absolute Gasteiger partial charge is 0.481 e. The van der Waals surface area contributed by atoms with Gasteiger partial charge in [0.1, 0.15) is 0 Å². The van der Waals surface area contributed by atoms with Gasteiger partial charge < -0.3 is 10.0 Å². The lowest BCUT2D eigenvalue weighted by molar-refractivity contribution is -0.141. The zero-order chi connectivity index (χ0) is 13.0. The molecule has 0 bridgehead atoms. The van der Waals surface area contributed by atoms with Crippen molar-refractivity contribution in [3.8, 4) is 6.07 Å². The molecule has 0 aromatic rings. The van der Waals surface area contributed by atoms with Gasteiger partial charge in [0.2, 0.25) is 5.91 Å². The van der Waals surface area contributed by atoms with E-state index in [1.807, 2.05) is 13.0 Å². The Morgan fingerprint density at radius 2 is 2.06 bits per heavy atom. The summed E-state index contributed by atoms with van der Waals surface area (Å²) in [6.07, 6.45) is 1.95. The summed E-state index contributed by atoms with van der Waals surface area (Å²) < 4.78 is 0. The number of carbonyl (C=O) groups is 2. The van der Waals surface area contributed by atoms with Crippen molar-refractivity contribution in [1.29, 1.82) is 5.26 Å². The molecule has 1 amide bonds. The SMILES string of the molecule is CC(CC#N)N(C)C(=O)[C@@H]1CC[C@H](C(=O)O)C1. The van der Waals surface area contributed by atoms with E-state index in [2.05, 4.69) is 0 Å². The molecule has 0 aliphatic heterocycles. The van der Waals surface area contributed by atoms with Gasteiger partial charge in [-0.25, -0.2) is 0 Å². The molecule has 1 saturated carbocycles. The van der Waals surface area contributed by atoms with Gasteiger partial charge in [-0.2, -0.15) is 5.26 Å². The second-order valence-corrected chi connectivity index (χ2v) is 4.71. The van der Waals surface area contributed by atoms with E-state index in [9.17, 15) is 9.59 Å². The molecule has 1 rings (SSSR count). The van der Waals surface area contributed by atoms with Crippen LogP contribution in [0.1, 0.15) is 32.6 Å². The van der Waals surface area contributed by atoms with E-state index in [0.29, 0.717) is 25.7 Å². The molecule has 5 heteroatoms. The summed E-state index contributed by atoms with van der Waals surface area (Å²) in [6, 6.07) is 1.92. The Labute approximate surface area is 101 Å². The summed E-state index contributed by atoms with van der Waals surface area (Å²) in [5, 5.41) is 17.5. The van der Waals surface area contributed by atoms with Crippen LogP contribution in [0, 0.1) is 23.2 Å². The number of rotatable bonds is 4. The Hall–Kier alpha value is -1.57. The van der Waals surface area contributed by atoms with Crippen LogP contribution in [0.3, 0.4) is 0 Å². The van der Waals surface area contributed by atoms with Crippen LogP contribution >= 0.6 is 0 Å². The lowest BCUT2D eigenvalue weighted by Crippen LogP contribution is -2.38. The van der Waals surface area contributed by atoms with E-state index in [-0.39, 0.29) is 23.8 Å². The first-order chi connectivity index (χ1) is 7.97. The van der Waals surface area contributed by atoms with Gasteiger partial charge in [0.25, 0.3) is 0 Å². The number of carboxylic acid groups (broad SMARTS) is 1. The molecule has 0 radical (unpaired) electrons. The molecule has 94 valence electrons. The van der Waals surface area contributed by atoms with Crippen molar-refractivity contribution >= 4 is 11.9 Å². The van der Waals surface area contributed by atoms with Crippen molar-refractivity contribution in [3.63, 3.8) is 0 Å². The van der Waals surface area contributed by atoms with E-state index < -0.39 is 5.97 Å². The predicted octanol–water partition coefficient (Wildman–Crippen LogP) is 1.25. The molecule has 1 fully saturated rings. The van der Waals surface area contributed by atoms with Crippen molar-refractivity contribution < 1.29 is 14.7 Å². The highest BCUT2D eigenvalue weighted by Gasteiger charge is 2.35. The van der Waals surface area contributed by atoms with Crippen LogP contribution in [-0.2, 0) is 9.59 Å². The quantitative estimate of drug-likeness (QED) is 0.799. The van der Waals surface area contributed by atoms with E-state index in [0.717, 1.165) is 0 Å². The summed E-state index contributed by atoms with van der Waals surface area (Å²) >= 11 is 0. The van der Waals surface area contributed by atoms with Crippen LogP contribution in [0.5, 0.6) is 0 Å². The average molecular weight is 238 g/mol. The Kier molecular flexibility index (Phi) is 4.50. The number of nitriles is 1. The van der Waals surface area contributed by atoms with E-state index in [4.69, 9.17) is 10.4 Å². The Morgan fingerprint density at radius 1 is 1.47 bits per heavy atom. The summed E-state index contributed by atoms with van der Waals surface area (Å²) in [5.74, 6) is -1.42. The second-order valence-electron chi connectivity index (χ2n) is 4.71. The van der Waals surface area contributed by atoms with Gasteiger partial charge in [-0.3, -0.25) is 9.59 Å². The zero-order valence-electron chi connectivity index (χ0n) is 10.2. The molecule has 3 atom stereocenters. The fourth-order valence-electron chi connectivity index (χ4n) is 2.20. The number of aliphatic carboxylic acids is 1. The molecule has 1 aliphatic carbocycles. The normalized spacial score (nSPS) is 25.0. The van der Waals surface area contributed by atoms with Crippen molar-refractivity contribution in [1.82, 2.24) is 4.90 Å². The molecule has 0 heterocycles. The van der Waals surface area contributed by atoms with Gasteiger partial charge in [0.15, 0.2) is 0 Å². The molecular formula is C12H18N2O3. The first-order valence-corrected chi connectivity index (χ1v) is 5.83. The zero-order valence-corrected chi connectivity index (χ0v) is 10.2. The minimum atomic E-state index is -0.812. The third-order valence-electron chi connectivity index (χ3n) is 3.53. The molecular weight excluding hydrogens is 220 g/mol. The van der Waals surface area contributed by atoms with E-state index >= 15 is 0 Å². The molecule has 0 saturated heterocycles. The predicted molar refractivity (Wildman–Crippen MR) is 60.9 cm³/mol. The highest BCUT2D eigenvalue weighted by Crippen LogP contribution is 2.32. The first-order valence-electron chi connectivity index (χ1n) is 5.83. The number of carboxylic acids is 1. The molecule has 1 N–H and O–H groups in total. The van der Waals surface area contributed by atoms with Gasteiger partial charge in [0, 0.05) is 19.0 Å². The first kappa shape index (κ1) is 13.5. The Morgan fingerprint density at radius 3 is 2.53 bits per heavy atom. The summed E-state index contributed by atoms with van der Waals surface area (Å²) in [5.41, 5.74) is 0. The lowest BCUT2D eigenvalue weighted by Gasteiger charge is -2.26. The van der Waals surface area contributed by atoms with Crippen molar-refractivity contribution in [2.24, 2.45) is 11.8 Å². The summed E-state index contributed by atoms with van der Waals surface area (Å²) in [6.45, 7) is 1.82. The molecule has 0 spiro atoms. The minimum absolute atomic E-state index is 0.0310. The van der Waals surface area contributed by atoms with Crippen LogP contribution < -0.4 is 0 Å². The van der Waals surface area contributed by atoms with Crippen LogP contribution in [0.4, 0.5) is 0 Å². The fraction of sp³-hybridized carbons (Fsp3) is 0.750. The van der Waals surface area contributed by atoms with E-state index in [1.54, 1.807) is 11.9 Å². The maximum Gasteiger partial charge on any atom is 0.306 e. The summed E-state index contributed by atoms with van der Waals surface area (Å²) in [4.78, 5) is 24.4. The third kappa shape index (κ3) is 3.19. The Balaban J connectivity index is 2.55. The minimum Gasteiger partial charge on any atom is -0.481 e. The van der Waals surface area contributed by atoms with Crippen LogP contribution in [-0.4, -0.2) is 35.0 Å². The van der Waals surface area contributed by atoms with Gasteiger partial charge in [-0.15, -0.1) is 0 Å². The van der Waals surface area contributed by atoms with Crippen molar-refractivity contribution in [2.45, 2.75) is 38.6 Å². The maximum atomic E-state index is 12.1. The van der Waals surface area contributed by atoms with Crippen LogP contribution in [0.15, 0.2) is 0 Å². The molecule has 0 aromatic carbocycles. The second kappa shape index (κ2) is 5.67. The van der Waals surface area contributed by atoms with Crippen molar-refractivity contribution in [3.05, 3.63) is 0 Å². The van der Waals surface area contributed by atoms with Gasteiger partial charge >= 0.3 is 5.97 Å². The number of amides is 1. The summed E-state index contributed by atoms with van der Waals surface area (Å²) in [7, 11) is 1.68. The maximum absolute atomic E-state index is 12.1. The van der Waals surface area contributed by atoms with Crippen molar-refractivity contribution in [2.75, 3.05) is 7.05 Å².